The highest BCUT2D eigenvalue weighted by molar-refractivity contribution is 5.88. The van der Waals surface area contributed by atoms with Crippen LogP contribution in [0.2, 0.25) is 0 Å². The summed E-state index contributed by atoms with van der Waals surface area (Å²) in [5.74, 6) is 1.23. The van der Waals surface area contributed by atoms with Crippen LogP contribution < -0.4 is 10.6 Å². The van der Waals surface area contributed by atoms with E-state index in [1.165, 1.54) is 14.2 Å². The monoisotopic (exact) mass is 816 g/mol. The van der Waals surface area contributed by atoms with Gasteiger partial charge in [-0.3, -0.25) is 9.59 Å². The fourth-order valence-electron chi connectivity index (χ4n) is 8.62. The van der Waals surface area contributed by atoms with Gasteiger partial charge in [0.15, 0.2) is 0 Å². The van der Waals surface area contributed by atoms with Crippen molar-refractivity contribution in [2.24, 2.45) is 17.8 Å². The van der Waals surface area contributed by atoms with Gasteiger partial charge in [-0.1, -0.05) is 89.2 Å². The molecule has 0 spiro atoms. The van der Waals surface area contributed by atoms with Gasteiger partial charge >= 0.3 is 12.2 Å². The molecule has 2 aromatic heterocycles. The zero-order valence-corrected chi connectivity index (χ0v) is 35.6. The number of alkyl carbamates (subject to hydrolysis) is 2. The molecule has 2 saturated heterocycles. The molecule has 6 atom stereocenters. The Morgan fingerprint density at radius 2 is 1.25 bits per heavy atom. The Hall–Kier alpha value is -6.18. The maximum Gasteiger partial charge on any atom is 0.407 e. The number of hydrogen-bond acceptors (Lipinski definition) is 8. The largest absolute Gasteiger partial charge is 0.453 e. The highest BCUT2D eigenvalue weighted by atomic mass is 16.5. The molecule has 14 nitrogen and oxygen atoms in total. The van der Waals surface area contributed by atoms with Crippen LogP contribution in [-0.4, -0.2) is 92.6 Å². The second-order valence-electron chi connectivity index (χ2n) is 16.9. The second kappa shape index (κ2) is 17.6. The predicted molar refractivity (Wildman–Crippen MR) is 229 cm³/mol. The molecule has 0 aliphatic carbocycles. The van der Waals surface area contributed by atoms with Gasteiger partial charge in [0.25, 0.3) is 0 Å². The van der Waals surface area contributed by atoms with E-state index in [1.807, 2.05) is 56.7 Å². The lowest BCUT2D eigenvalue weighted by Gasteiger charge is -2.32. The van der Waals surface area contributed by atoms with Gasteiger partial charge in [-0.05, 0) is 78.3 Å². The van der Waals surface area contributed by atoms with Crippen LogP contribution in [0, 0.1) is 17.8 Å². The summed E-state index contributed by atoms with van der Waals surface area (Å²) in [6, 6.07) is 21.0. The first kappa shape index (κ1) is 42.0. The van der Waals surface area contributed by atoms with Crippen molar-refractivity contribution in [3.8, 4) is 33.5 Å². The van der Waals surface area contributed by atoms with Crippen molar-refractivity contribution >= 4 is 35.0 Å². The number of aromatic amines is 2. The maximum absolute atomic E-state index is 13.8. The molecule has 2 fully saturated rings. The third-order valence-electron chi connectivity index (χ3n) is 12.0. The quantitative estimate of drug-likeness (QED) is 0.104. The van der Waals surface area contributed by atoms with Crippen molar-refractivity contribution in [3.63, 3.8) is 0 Å². The van der Waals surface area contributed by atoms with Gasteiger partial charge < -0.3 is 39.9 Å². The number of methoxy groups -OCH3 is 2. The molecule has 5 aromatic rings. The lowest BCUT2D eigenvalue weighted by molar-refractivity contribution is -0.137. The highest BCUT2D eigenvalue weighted by Crippen LogP contribution is 2.38. The number of amides is 4. The van der Waals surface area contributed by atoms with E-state index in [9.17, 15) is 19.2 Å². The van der Waals surface area contributed by atoms with E-state index in [0.29, 0.717) is 6.54 Å². The van der Waals surface area contributed by atoms with E-state index in [0.717, 1.165) is 75.5 Å². The minimum atomic E-state index is -0.706. The van der Waals surface area contributed by atoms with E-state index in [-0.39, 0.29) is 47.7 Å². The van der Waals surface area contributed by atoms with E-state index < -0.39 is 24.3 Å². The summed E-state index contributed by atoms with van der Waals surface area (Å²) in [6.45, 7) is 12.4. The Balaban J connectivity index is 1.03. The lowest BCUT2D eigenvalue weighted by atomic mass is 9.99. The molecule has 4 amide bonds. The number of rotatable bonds is 11. The van der Waals surface area contributed by atoms with Gasteiger partial charge in [0, 0.05) is 24.3 Å². The van der Waals surface area contributed by atoms with Crippen molar-refractivity contribution in [1.29, 1.82) is 0 Å². The van der Waals surface area contributed by atoms with Gasteiger partial charge in [-0.25, -0.2) is 19.6 Å². The molecule has 3 aromatic carbocycles. The number of ether oxygens (including phenoxy) is 2. The number of hydrogen-bond donors (Lipinski definition) is 4. The SMILES string of the molecule is COC(=O)N[C@H](C(=O)N1C[C@@H](C)C[C@H]1c1nc(-c2ccc(-c3ccc(-c4ccc5[nH]c([C@@H]6CC[C@H](C)N6C(=O)[C@@H](NC(=O)OC)C(C)C)nc5c4)cc3)cc2)c[nH]1)C(C)C. The summed E-state index contributed by atoms with van der Waals surface area (Å²) in [5.41, 5.74) is 7.69. The number of imidazole rings is 2. The summed E-state index contributed by atoms with van der Waals surface area (Å²) in [6.07, 6.45) is 3.01. The average molecular weight is 817 g/mol. The standard InChI is InChI=1S/C46H56N8O6/c1-25(2)39(51-45(57)59-7)43(55)53-24-27(5)21-38(53)41-47-23-36(50-41)32-16-14-30(15-17-32)29-10-12-31(13-11-29)33-18-19-34-35(22-33)49-42(48-34)37-20-9-28(6)54(37)44(56)40(26(3)4)52-46(58)60-8/h10-19,22-23,25-28,37-40H,9,20-21,24H2,1-8H3,(H,47,50)(H,48,49)(H,51,57)(H,52,58)/t27-,28-,37-,38-,39-,40-/m0/s1. The second-order valence-corrected chi connectivity index (χ2v) is 16.9. The number of nitrogens with zero attached hydrogens (tertiary/aromatic N) is 4. The Labute approximate surface area is 350 Å². The normalized spacial score (nSPS) is 20.1. The van der Waals surface area contributed by atoms with Crippen molar-refractivity contribution in [1.82, 2.24) is 40.4 Å². The van der Waals surface area contributed by atoms with Crippen LogP contribution in [0.25, 0.3) is 44.5 Å². The number of fused-ring (bicyclic) bond motifs is 1. The summed E-state index contributed by atoms with van der Waals surface area (Å²) < 4.78 is 9.58. The van der Waals surface area contributed by atoms with Crippen LogP contribution in [0.5, 0.6) is 0 Å². The first-order valence-corrected chi connectivity index (χ1v) is 20.8. The fraction of sp³-hybridized carbons (Fsp3) is 0.435. The van der Waals surface area contributed by atoms with Gasteiger partial charge in [0.05, 0.1) is 43.0 Å². The maximum atomic E-state index is 13.8. The Bertz CT molecular complexity index is 2330. The average Bonchev–Trinajstić information content (AvgIpc) is 4.06. The third kappa shape index (κ3) is 8.59. The van der Waals surface area contributed by atoms with E-state index >= 15 is 0 Å². The molecule has 0 bridgehead atoms. The zero-order valence-electron chi connectivity index (χ0n) is 35.6. The number of nitrogens with one attached hydrogen (secondary N) is 4. The van der Waals surface area contributed by atoms with Crippen LogP contribution in [0.15, 0.2) is 72.9 Å². The minimum absolute atomic E-state index is 0.00154. The van der Waals surface area contributed by atoms with Crippen molar-refractivity contribution in [2.45, 2.75) is 91.0 Å². The number of H-pyrrole nitrogens is 2. The topological polar surface area (TPSA) is 175 Å². The highest BCUT2D eigenvalue weighted by Gasteiger charge is 2.42. The van der Waals surface area contributed by atoms with Crippen LogP contribution in [0.1, 0.15) is 84.5 Å². The molecule has 7 rings (SSSR count). The summed E-state index contributed by atoms with van der Waals surface area (Å²) in [7, 11) is 2.59. The van der Waals surface area contributed by atoms with Gasteiger partial charge in [0.1, 0.15) is 23.7 Å². The van der Waals surface area contributed by atoms with E-state index in [1.54, 1.807) is 0 Å². The van der Waals surface area contributed by atoms with Crippen molar-refractivity contribution < 1.29 is 28.7 Å². The van der Waals surface area contributed by atoms with Gasteiger partial charge in [-0.2, -0.15) is 0 Å². The van der Waals surface area contributed by atoms with Crippen LogP contribution in [-0.2, 0) is 19.1 Å². The minimum Gasteiger partial charge on any atom is -0.453 e. The smallest absolute Gasteiger partial charge is 0.407 e. The molecular formula is C46H56N8O6. The zero-order chi connectivity index (χ0) is 42.8. The molecule has 316 valence electrons. The number of aromatic nitrogens is 4. The summed E-state index contributed by atoms with van der Waals surface area (Å²) >= 11 is 0. The predicted octanol–water partition coefficient (Wildman–Crippen LogP) is 8.01. The molecule has 0 unspecified atom stereocenters. The van der Waals surface area contributed by atoms with Crippen LogP contribution in [0.3, 0.4) is 0 Å². The Kier molecular flexibility index (Phi) is 12.3. The molecule has 0 radical (unpaired) electrons. The molecule has 60 heavy (non-hydrogen) atoms. The fourth-order valence-corrected chi connectivity index (χ4v) is 8.62. The van der Waals surface area contributed by atoms with E-state index in [4.69, 9.17) is 19.4 Å². The van der Waals surface area contributed by atoms with Gasteiger partial charge in [-0.15, -0.1) is 0 Å². The van der Waals surface area contributed by atoms with Crippen LogP contribution in [0.4, 0.5) is 9.59 Å². The number of carbonyl (C=O) groups excluding carboxylic acids is 4. The lowest BCUT2D eigenvalue weighted by Crippen LogP contribution is -2.52. The Morgan fingerprint density at radius 3 is 1.83 bits per heavy atom. The molecule has 4 heterocycles. The Morgan fingerprint density at radius 1 is 0.700 bits per heavy atom. The summed E-state index contributed by atoms with van der Waals surface area (Å²) in [5, 5.41) is 5.44. The molecular weight excluding hydrogens is 761 g/mol. The first-order valence-electron chi connectivity index (χ1n) is 20.8. The van der Waals surface area contributed by atoms with Crippen LogP contribution >= 0.6 is 0 Å². The molecule has 4 N–H and O–H groups in total. The molecule has 0 saturated carbocycles. The molecule has 2 aliphatic rings. The third-order valence-corrected chi connectivity index (χ3v) is 12.0. The first-order chi connectivity index (χ1) is 28.8. The number of benzene rings is 3. The van der Waals surface area contributed by atoms with Crippen molar-refractivity contribution in [2.75, 3.05) is 20.8 Å². The number of likely N-dealkylation sites (tertiary alicyclic amines) is 2. The molecule has 14 heteroatoms. The van der Waals surface area contributed by atoms with Crippen molar-refractivity contribution in [3.05, 3.63) is 84.6 Å². The van der Waals surface area contributed by atoms with E-state index in [2.05, 4.69) is 88.2 Å². The molecule has 2 aliphatic heterocycles. The van der Waals surface area contributed by atoms with Gasteiger partial charge in [0.2, 0.25) is 11.8 Å². The number of carbonyl (C=O) groups is 4. The summed E-state index contributed by atoms with van der Waals surface area (Å²) in [4.78, 5) is 72.1.